The van der Waals surface area contributed by atoms with Crippen LogP contribution >= 0.6 is 0 Å². The molecule has 4 heteroatoms. The Hall–Kier alpha value is 0.534. The molecule has 0 amide bonds. The third kappa shape index (κ3) is 10.5. The second-order valence-corrected chi connectivity index (χ2v) is 2.12. The van der Waals surface area contributed by atoms with Gasteiger partial charge >= 0.3 is 5.97 Å². The Labute approximate surface area is 93.0 Å². The first-order valence-electron chi connectivity index (χ1n) is 3.23. The van der Waals surface area contributed by atoms with Gasteiger partial charge in [-0.25, -0.2) is 0 Å². The molecule has 0 atom stereocenters. The molecule has 1 radical (unpaired) electrons. The molecule has 0 heterocycles. The van der Waals surface area contributed by atoms with Crippen molar-refractivity contribution in [3.63, 3.8) is 0 Å². The molecule has 0 unspecified atom stereocenters. The molecule has 63 valence electrons. The molecule has 0 bridgehead atoms. The first-order valence-corrected chi connectivity index (χ1v) is 3.23. The summed E-state index contributed by atoms with van der Waals surface area (Å²) in [4.78, 5) is 11.7. The summed E-state index contributed by atoms with van der Waals surface area (Å²) in [5.74, 6) is -0.780. The van der Waals surface area contributed by atoms with E-state index in [0.29, 0.717) is 6.54 Å². The van der Waals surface area contributed by atoms with Crippen molar-refractivity contribution < 1.29 is 42.6 Å². The van der Waals surface area contributed by atoms with E-state index in [-0.39, 0.29) is 39.1 Å². The first kappa shape index (κ1) is 14.1. The molecule has 0 aliphatic heterocycles. The summed E-state index contributed by atoms with van der Waals surface area (Å²) in [6.45, 7) is 4.89. The summed E-state index contributed by atoms with van der Waals surface area (Å²) in [6, 6.07) is 0. The van der Waals surface area contributed by atoms with E-state index in [0.717, 1.165) is 13.0 Å². The van der Waals surface area contributed by atoms with Crippen molar-refractivity contribution in [2.75, 3.05) is 13.1 Å². The number of carboxylic acid groups (broad SMARTS) is 1. The summed E-state index contributed by atoms with van der Waals surface area (Å²) in [5.41, 5.74) is 0. The van der Waals surface area contributed by atoms with Gasteiger partial charge in [-0.2, -0.15) is 6.42 Å². The van der Waals surface area contributed by atoms with Crippen LogP contribution in [-0.4, -0.2) is 29.1 Å². The SMILES string of the molecule is [CH2-]CCN([CH2-])CCC(=O)O.[Y]. The molecule has 0 aromatic heterocycles. The molecule has 3 nitrogen and oxygen atoms in total. The monoisotopic (exact) mass is 232 g/mol. The van der Waals surface area contributed by atoms with Crippen LogP contribution in [0.5, 0.6) is 0 Å². The molecule has 0 aromatic rings. The van der Waals surface area contributed by atoms with E-state index in [9.17, 15) is 4.79 Å². The fourth-order valence-electron chi connectivity index (χ4n) is 0.589. The van der Waals surface area contributed by atoms with Crippen LogP contribution in [0.15, 0.2) is 0 Å². The zero-order valence-corrected chi connectivity index (χ0v) is 9.46. The van der Waals surface area contributed by atoms with E-state index in [1.54, 1.807) is 4.90 Å². The van der Waals surface area contributed by atoms with Gasteiger partial charge in [0.2, 0.25) is 0 Å². The summed E-state index contributed by atoms with van der Waals surface area (Å²) in [6.07, 6.45) is 0.923. The van der Waals surface area contributed by atoms with Crippen molar-refractivity contribution in [1.29, 1.82) is 0 Å². The van der Waals surface area contributed by atoms with Crippen LogP contribution in [0.25, 0.3) is 0 Å². The predicted molar refractivity (Wildman–Crippen MR) is 39.2 cm³/mol. The molecule has 0 aromatic carbocycles. The molecular formula is C7H13NO2Y-2. The maximum Gasteiger partial charge on any atom is 0.304 e. The number of rotatable bonds is 5. The number of nitrogens with zero attached hydrogens (tertiary/aromatic N) is 1. The van der Waals surface area contributed by atoms with Gasteiger partial charge in [-0.05, 0) is 6.54 Å². The average Bonchev–Trinajstić information content (AvgIpc) is 1.85. The van der Waals surface area contributed by atoms with Gasteiger partial charge in [0.1, 0.15) is 0 Å². The minimum absolute atomic E-state index is 0. The molecule has 11 heavy (non-hydrogen) atoms. The molecule has 0 saturated carbocycles. The Morgan fingerprint density at radius 3 is 2.36 bits per heavy atom. The maximum atomic E-state index is 10.0. The number of carbonyl (C=O) groups is 1. The molecule has 1 N–H and O–H groups in total. The standard InChI is InChI=1S/C7H13NO2.Y/c1-3-5-8(2)6-4-7(9)10;/h1-6H2,(H,9,10);/q-2;. The van der Waals surface area contributed by atoms with E-state index < -0.39 is 5.97 Å². The molecule has 0 rings (SSSR count). The van der Waals surface area contributed by atoms with E-state index in [4.69, 9.17) is 5.11 Å². The van der Waals surface area contributed by atoms with E-state index in [2.05, 4.69) is 14.0 Å². The van der Waals surface area contributed by atoms with E-state index >= 15 is 0 Å². The summed E-state index contributed by atoms with van der Waals surface area (Å²) < 4.78 is 0. The first-order chi connectivity index (χ1) is 4.66. The van der Waals surface area contributed by atoms with Crippen molar-refractivity contribution in [3.05, 3.63) is 14.0 Å². The third-order valence-corrected chi connectivity index (χ3v) is 1.12. The van der Waals surface area contributed by atoms with Crippen molar-refractivity contribution in [3.8, 4) is 0 Å². The minimum atomic E-state index is -0.780. The van der Waals surface area contributed by atoms with Gasteiger partial charge in [0, 0.05) is 32.7 Å². The van der Waals surface area contributed by atoms with Crippen molar-refractivity contribution in [1.82, 2.24) is 4.90 Å². The van der Waals surface area contributed by atoms with Gasteiger partial charge in [-0.15, -0.1) is 0 Å². The Balaban J connectivity index is 0. The van der Waals surface area contributed by atoms with Gasteiger partial charge in [0.25, 0.3) is 0 Å². The van der Waals surface area contributed by atoms with Crippen molar-refractivity contribution >= 4 is 5.97 Å². The Bertz CT molecular complexity index is 109. The summed E-state index contributed by atoms with van der Waals surface area (Å²) >= 11 is 0. The van der Waals surface area contributed by atoms with Crippen LogP contribution in [0.1, 0.15) is 12.8 Å². The zero-order chi connectivity index (χ0) is 7.98. The van der Waals surface area contributed by atoms with Crippen LogP contribution < -0.4 is 0 Å². The number of hydrogen-bond donors (Lipinski definition) is 1. The molecule has 0 spiro atoms. The number of hydrogen-bond acceptors (Lipinski definition) is 2. The molecule has 0 fully saturated rings. The topological polar surface area (TPSA) is 40.5 Å². The normalized spacial score (nSPS) is 9.36. The maximum absolute atomic E-state index is 10.0. The Morgan fingerprint density at radius 1 is 1.45 bits per heavy atom. The predicted octanol–water partition coefficient (Wildman–Crippen LogP) is 0.776. The Kier molecular flexibility index (Phi) is 11.0. The summed E-state index contributed by atoms with van der Waals surface area (Å²) in [5, 5.41) is 8.26. The number of carboxylic acids is 1. The second kappa shape index (κ2) is 8.63. The van der Waals surface area contributed by atoms with Gasteiger partial charge in [0.15, 0.2) is 0 Å². The number of aliphatic carboxylic acids is 1. The molecule has 0 saturated heterocycles. The third-order valence-electron chi connectivity index (χ3n) is 1.12. The van der Waals surface area contributed by atoms with Crippen LogP contribution in [0.3, 0.4) is 0 Å². The van der Waals surface area contributed by atoms with E-state index in [1.807, 2.05) is 0 Å². The Morgan fingerprint density at radius 2 is 2.00 bits per heavy atom. The van der Waals surface area contributed by atoms with Gasteiger partial charge in [-0.3, -0.25) is 11.8 Å². The van der Waals surface area contributed by atoms with Gasteiger partial charge < -0.3 is 16.9 Å². The summed E-state index contributed by atoms with van der Waals surface area (Å²) in [7, 11) is 3.63. The quantitative estimate of drug-likeness (QED) is 0.712. The van der Waals surface area contributed by atoms with Crippen molar-refractivity contribution in [2.24, 2.45) is 0 Å². The smallest absolute Gasteiger partial charge is 0.304 e. The van der Waals surface area contributed by atoms with Gasteiger partial charge in [-0.1, -0.05) is 6.54 Å². The van der Waals surface area contributed by atoms with Crippen LogP contribution in [0.2, 0.25) is 0 Å². The molecular weight excluding hydrogens is 219 g/mol. The second-order valence-electron chi connectivity index (χ2n) is 2.12. The van der Waals surface area contributed by atoms with Crippen LogP contribution in [0, 0.1) is 14.0 Å². The molecule has 0 aliphatic rings. The van der Waals surface area contributed by atoms with Crippen LogP contribution in [0.4, 0.5) is 0 Å². The van der Waals surface area contributed by atoms with Gasteiger partial charge in [0.05, 0.1) is 6.42 Å². The fraction of sp³-hybridized carbons (Fsp3) is 0.571. The minimum Gasteiger partial charge on any atom is -0.481 e. The van der Waals surface area contributed by atoms with E-state index in [1.165, 1.54) is 0 Å². The zero-order valence-electron chi connectivity index (χ0n) is 6.62. The average molecular weight is 232 g/mol. The van der Waals surface area contributed by atoms with Crippen LogP contribution in [-0.2, 0) is 37.5 Å². The van der Waals surface area contributed by atoms with Crippen molar-refractivity contribution in [2.45, 2.75) is 12.8 Å². The molecule has 0 aliphatic carbocycles. The fourth-order valence-corrected chi connectivity index (χ4v) is 0.589. The largest absolute Gasteiger partial charge is 0.481 e.